The summed E-state index contributed by atoms with van der Waals surface area (Å²) in [5.41, 5.74) is 0. The smallest absolute Gasteiger partial charge is 0.147 e. The van der Waals surface area contributed by atoms with Gasteiger partial charge in [0, 0.05) is 17.4 Å². The zero-order chi connectivity index (χ0) is 9.19. The molecule has 1 rings (SSSR count). The Balaban J connectivity index is 2.32. The Bertz CT molecular complexity index is 238. The minimum Gasteiger partial charge on any atom is -0.229 e. The maximum atomic E-state index is 10.8. The van der Waals surface area contributed by atoms with Gasteiger partial charge < -0.3 is 0 Å². The SMILES string of the molecule is CS(=O)(=O)CCC1CSCC1Cl. The van der Waals surface area contributed by atoms with Gasteiger partial charge in [-0.25, -0.2) is 8.42 Å². The summed E-state index contributed by atoms with van der Waals surface area (Å²) in [7, 11) is -2.80. The van der Waals surface area contributed by atoms with Crippen LogP contribution >= 0.6 is 23.4 Å². The molecule has 0 aromatic carbocycles. The van der Waals surface area contributed by atoms with Gasteiger partial charge in [-0.05, 0) is 18.1 Å². The van der Waals surface area contributed by atoms with Crippen molar-refractivity contribution in [3.8, 4) is 0 Å². The van der Waals surface area contributed by atoms with Gasteiger partial charge in [0.15, 0.2) is 0 Å². The normalized spacial score (nSPS) is 30.8. The van der Waals surface area contributed by atoms with Crippen LogP contribution in [0.15, 0.2) is 0 Å². The van der Waals surface area contributed by atoms with Gasteiger partial charge in [-0.1, -0.05) is 0 Å². The summed E-state index contributed by atoms with van der Waals surface area (Å²) >= 11 is 7.81. The highest BCUT2D eigenvalue weighted by molar-refractivity contribution is 7.99. The molecule has 1 aliphatic rings. The van der Waals surface area contributed by atoms with Crippen molar-refractivity contribution in [1.29, 1.82) is 0 Å². The van der Waals surface area contributed by atoms with Crippen molar-refractivity contribution in [2.24, 2.45) is 5.92 Å². The molecule has 1 heterocycles. The van der Waals surface area contributed by atoms with E-state index >= 15 is 0 Å². The Morgan fingerprint density at radius 3 is 2.58 bits per heavy atom. The van der Waals surface area contributed by atoms with Gasteiger partial charge in [-0.3, -0.25) is 0 Å². The molecule has 0 bridgehead atoms. The maximum absolute atomic E-state index is 10.8. The van der Waals surface area contributed by atoms with Gasteiger partial charge in [0.2, 0.25) is 0 Å². The van der Waals surface area contributed by atoms with Crippen LogP contribution in [0.25, 0.3) is 0 Å². The monoisotopic (exact) mass is 228 g/mol. The molecule has 0 radical (unpaired) electrons. The van der Waals surface area contributed by atoms with Crippen LogP contribution in [0, 0.1) is 5.92 Å². The average molecular weight is 229 g/mol. The van der Waals surface area contributed by atoms with E-state index in [-0.39, 0.29) is 11.1 Å². The summed E-state index contributed by atoms with van der Waals surface area (Å²) in [6.45, 7) is 0. The van der Waals surface area contributed by atoms with Crippen LogP contribution in [0.5, 0.6) is 0 Å². The predicted molar refractivity (Wildman–Crippen MR) is 54.8 cm³/mol. The molecule has 5 heteroatoms. The molecule has 1 aliphatic heterocycles. The van der Waals surface area contributed by atoms with Crippen LogP contribution in [0.4, 0.5) is 0 Å². The summed E-state index contributed by atoms with van der Waals surface area (Å²) in [6.07, 6.45) is 2.00. The van der Waals surface area contributed by atoms with Crippen LogP contribution in [-0.4, -0.2) is 37.3 Å². The van der Waals surface area contributed by atoms with Gasteiger partial charge >= 0.3 is 0 Å². The van der Waals surface area contributed by atoms with Gasteiger partial charge in [0.25, 0.3) is 0 Å². The van der Waals surface area contributed by atoms with E-state index in [1.165, 1.54) is 6.26 Å². The van der Waals surface area contributed by atoms with E-state index in [1.54, 1.807) is 0 Å². The lowest BCUT2D eigenvalue weighted by Crippen LogP contribution is -2.16. The molecule has 0 aromatic rings. The maximum Gasteiger partial charge on any atom is 0.147 e. The number of halogens is 1. The van der Waals surface area contributed by atoms with Crippen LogP contribution < -0.4 is 0 Å². The van der Waals surface area contributed by atoms with Crippen LogP contribution in [0.1, 0.15) is 6.42 Å². The molecular weight excluding hydrogens is 216 g/mol. The Kier molecular flexibility index (Phi) is 3.74. The van der Waals surface area contributed by atoms with E-state index in [4.69, 9.17) is 11.6 Å². The van der Waals surface area contributed by atoms with Gasteiger partial charge in [-0.15, -0.1) is 11.6 Å². The Hall–Kier alpha value is 0.590. The quantitative estimate of drug-likeness (QED) is 0.685. The van der Waals surface area contributed by atoms with Crippen molar-refractivity contribution in [3.63, 3.8) is 0 Å². The lowest BCUT2D eigenvalue weighted by molar-refractivity contribution is 0.562. The lowest BCUT2D eigenvalue weighted by Gasteiger charge is -2.10. The van der Waals surface area contributed by atoms with Crippen molar-refractivity contribution in [2.75, 3.05) is 23.5 Å². The van der Waals surface area contributed by atoms with Crippen molar-refractivity contribution >= 4 is 33.2 Å². The topological polar surface area (TPSA) is 34.1 Å². The Morgan fingerprint density at radius 1 is 1.50 bits per heavy atom. The summed E-state index contributed by atoms with van der Waals surface area (Å²) in [5, 5.41) is 0.178. The molecule has 0 amide bonds. The number of rotatable bonds is 3. The summed E-state index contributed by atoms with van der Waals surface area (Å²) in [4.78, 5) is 0. The summed E-state index contributed by atoms with van der Waals surface area (Å²) < 4.78 is 21.7. The third kappa shape index (κ3) is 3.54. The molecule has 0 N–H and O–H groups in total. The Labute approximate surface area is 83.0 Å². The number of thioether (sulfide) groups is 1. The van der Waals surface area contributed by atoms with Crippen LogP contribution in [-0.2, 0) is 9.84 Å². The minimum absolute atomic E-state index is 0.178. The Morgan fingerprint density at radius 2 is 2.17 bits per heavy atom. The zero-order valence-electron chi connectivity index (χ0n) is 6.99. The number of alkyl halides is 1. The molecular formula is C7H13ClO2S2. The second-order valence-electron chi connectivity index (χ2n) is 3.23. The highest BCUT2D eigenvalue weighted by atomic mass is 35.5. The lowest BCUT2D eigenvalue weighted by atomic mass is 10.1. The second-order valence-corrected chi connectivity index (χ2v) is 7.13. The minimum atomic E-state index is -2.80. The summed E-state index contributed by atoms with van der Waals surface area (Å²) in [5.74, 6) is 2.66. The fourth-order valence-electron chi connectivity index (χ4n) is 1.20. The molecule has 2 nitrogen and oxygen atoms in total. The first-order valence-electron chi connectivity index (χ1n) is 3.88. The summed E-state index contributed by atoms with van der Waals surface area (Å²) in [6, 6.07) is 0. The molecule has 0 spiro atoms. The van der Waals surface area contributed by atoms with Crippen molar-refractivity contribution in [2.45, 2.75) is 11.8 Å². The third-order valence-electron chi connectivity index (χ3n) is 1.98. The first-order chi connectivity index (χ1) is 5.49. The first kappa shape index (κ1) is 10.7. The van der Waals surface area contributed by atoms with E-state index in [0.717, 1.165) is 17.9 Å². The van der Waals surface area contributed by atoms with E-state index < -0.39 is 9.84 Å². The molecule has 0 aliphatic carbocycles. The van der Waals surface area contributed by atoms with Crippen LogP contribution in [0.3, 0.4) is 0 Å². The van der Waals surface area contributed by atoms with E-state index in [9.17, 15) is 8.42 Å². The van der Waals surface area contributed by atoms with Crippen LogP contribution in [0.2, 0.25) is 0 Å². The average Bonchev–Trinajstić information content (AvgIpc) is 2.29. The third-order valence-corrected chi connectivity index (χ3v) is 4.91. The zero-order valence-corrected chi connectivity index (χ0v) is 9.38. The first-order valence-corrected chi connectivity index (χ1v) is 7.54. The fraction of sp³-hybridized carbons (Fsp3) is 1.00. The van der Waals surface area contributed by atoms with E-state index in [0.29, 0.717) is 5.92 Å². The molecule has 2 unspecified atom stereocenters. The molecule has 0 saturated carbocycles. The highest BCUT2D eigenvalue weighted by Crippen LogP contribution is 2.30. The molecule has 1 saturated heterocycles. The van der Waals surface area contributed by atoms with Gasteiger partial charge in [0.05, 0.1) is 5.75 Å². The molecule has 2 atom stereocenters. The number of hydrogen-bond acceptors (Lipinski definition) is 3. The molecule has 12 heavy (non-hydrogen) atoms. The number of hydrogen-bond donors (Lipinski definition) is 0. The van der Waals surface area contributed by atoms with Gasteiger partial charge in [-0.2, -0.15) is 11.8 Å². The van der Waals surface area contributed by atoms with Crippen molar-refractivity contribution < 1.29 is 8.42 Å². The highest BCUT2D eigenvalue weighted by Gasteiger charge is 2.26. The standard InChI is InChI=1S/C7H13ClO2S2/c1-12(9,10)3-2-6-4-11-5-7(6)8/h6-7H,2-5H2,1H3. The fourth-order valence-corrected chi connectivity index (χ4v) is 3.86. The van der Waals surface area contributed by atoms with E-state index in [1.807, 2.05) is 11.8 Å². The molecule has 0 aromatic heterocycles. The molecule has 72 valence electrons. The number of sulfone groups is 1. The predicted octanol–water partition coefficient (Wildman–Crippen LogP) is 1.39. The largest absolute Gasteiger partial charge is 0.229 e. The van der Waals surface area contributed by atoms with Gasteiger partial charge in [0.1, 0.15) is 9.84 Å². The van der Waals surface area contributed by atoms with E-state index in [2.05, 4.69) is 0 Å². The molecule has 1 fully saturated rings. The van der Waals surface area contributed by atoms with Crippen molar-refractivity contribution in [3.05, 3.63) is 0 Å². The van der Waals surface area contributed by atoms with Crippen molar-refractivity contribution in [1.82, 2.24) is 0 Å². The second kappa shape index (κ2) is 4.20.